The van der Waals surface area contributed by atoms with Crippen molar-refractivity contribution in [3.63, 3.8) is 0 Å². The predicted octanol–water partition coefficient (Wildman–Crippen LogP) is 8.24. The van der Waals surface area contributed by atoms with Gasteiger partial charge in [0.1, 0.15) is 5.75 Å². The van der Waals surface area contributed by atoms with Crippen molar-refractivity contribution in [1.82, 2.24) is 0 Å². The lowest BCUT2D eigenvalue weighted by molar-refractivity contribution is -0.0306. The van der Waals surface area contributed by atoms with Crippen LogP contribution in [0.2, 0.25) is 0 Å². The van der Waals surface area contributed by atoms with Crippen LogP contribution in [0.25, 0.3) is 11.1 Å². The quantitative estimate of drug-likeness (QED) is 0.367. The van der Waals surface area contributed by atoms with Crippen LogP contribution in [0.5, 0.6) is 11.5 Å². The molecule has 0 aromatic heterocycles. The molecule has 2 atom stereocenters. The summed E-state index contributed by atoms with van der Waals surface area (Å²) in [6, 6.07) is 8.42. The minimum atomic E-state index is -1.15. The molecule has 1 saturated heterocycles. The van der Waals surface area contributed by atoms with Crippen LogP contribution in [0, 0.1) is 17.6 Å². The van der Waals surface area contributed by atoms with Crippen molar-refractivity contribution in [3.05, 3.63) is 83.4 Å². The molecule has 3 nitrogen and oxygen atoms in total. The molecular formula is C30H33F3O3. The smallest absolute Gasteiger partial charge is 0.202 e. The fraction of sp³-hybridized carbons (Fsp3) is 0.400. The van der Waals surface area contributed by atoms with Gasteiger partial charge in [0.15, 0.2) is 23.2 Å². The third-order valence-electron chi connectivity index (χ3n) is 6.83. The second kappa shape index (κ2) is 11.4. The Labute approximate surface area is 211 Å². The lowest BCUT2D eigenvalue weighted by Gasteiger charge is -2.28. The Hall–Kier alpha value is -2.99. The van der Waals surface area contributed by atoms with E-state index in [2.05, 4.69) is 20.1 Å². The van der Waals surface area contributed by atoms with Crippen LogP contribution in [0.3, 0.4) is 0 Å². The number of hydrogen-bond donors (Lipinski definition) is 0. The highest BCUT2D eigenvalue weighted by Gasteiger charge is 2.29. The maximum absolute atomic E-state index is 15.1. The minimum absolute atomic E-state index is 0.0997. The van der Waals surface area contributed by atoms with E-state index in [-0.39, 0.29) is 29.1 Å². The minimum Gasteiger partial charge on any atom is -0.493 e. The maximum Gasteiger partial charge on any atom is 0.202 e. The molecule has 1 fully saturated rings. The molecule has 36 heavy (non-hydrogen) atoms. The van der Waals surface area contributed by atoms with E-state index in [0.29, 0.717) is 54.1 Å². The SMILES string of the molecule is C=C(CC)/C(F)=C1/Oc2c(cc(-c3ccc(OCC4CCC(CCC)OC4)cc3)c(F)c2F)CC1=C. The van der Waals surface area contributed by atoms with Crippen LogP contribution in [-0.4, -0.2) is 19.3 Å². The van der Waals surface area contributed by atoms with Crippen LogP contribution in [0.4, 0.5) is 13.2 Å². The van der Waals surface area contributed by atoms with Crippen molar-refractivity contribution >= 4 is 0 Å². The molecule has 2 unspecified atom stereocenters. The number of benzene rings is 2. The van der Waals surface area contributed by atoms with Crippen LogP contribution >= 0.6 is 0 Å². The van der Waals surface area contributed by atoms with Crippen LogP contribution in [-0.2, 0) is 11.2 Å². The predicted molar refractivity (Wildman–Crippen MR) is 136 cm³/mol. The molecule has 0 radical (unpaired) electrons. The molecule has 2 aromatic rings. The fourth-order valence-corrected chi connectivity index (χ4v) is 4.60. The van der Waals surface area contributed by atoms with Gasteiger partial charge < -0.3 is 14.2 Å². The summed E-state index contributed by atoms with van der Waals surface area (Å²) in [6.45, 7) is 12.7. The zero-order chi connectivity index (χ0) is 25.8. The zero-order valence-electron chi connectivity index (χ0n) is 21.0. The van der Waals surface area contributed by atoms with Crippen molar-refractivity contribution < 1.29 is 27.4 Å². The van der Waals surface area contributed by atoms with Gasteiger partial charge >= 0.3 is 0 Å². The average molecular weight is 499 g/mol. The molecule has 0 bridgehead atoms. The Bertz CT molecular complexity index is 1160. The Kier molecular flexibility index (Phi) is 8.24. The van der Waals surface area contributed by atoms with Crippen molar-refractivity contribution in [2.75, 3.05) is 13.2 Å². The van der Waals surface area contributed by atoms with Crippen molar-refractivity contribution in [2.24, 2.45) is 5.92 Å². The number of allylic oxidation sites excluding steroid dienone is 3. The molecular weight excluding hydrogens is 465 g/mol. The van der Waals surface area contributed by atoms with Gasteiger partial charge in [0, 0.05) is 23.5 Å². The zero-order valence-corrected chi connectivity index (χ0v) is 21.0. The Morgan fingerprint density at radius 3 is 2.50 bits per heavy atom. The lowest BCUT2D eigenvalue weighted by atomic mass is 9.94. The molecule has 0 spiro atoms. The summed E-state index contributed by atoms with van der Waals surface area (Å²) in [5, 5.41) is 0. The molecule has 0 saturated carbocycles. The Morgan fingerprint density at radius 1 is 1.11 bits per heavy atom. The highest BCUT2D eigenvalue weighted by atomic mass is 19.2. The Morgan fingerprint density at radius 2 is 1.86 bits per heavy atom. The first kappa shape index (κ1) is 26.1. The van der Waals surface area contributed by atoms with Gasteiger partial charge in [0.25, 0.3) is 0 Å². The summed E-state index contributed by atoms with van der Waals surface area (Å²) in [7, 11) is 0. The molecule has 2 aromatic carbocycles. The number of rotatable bonds is 8. The van der Waals surface area contributed by atoms with E-state index in [1.165, 1.54) is 6.07 Å². The van der Waals surface area contributed by atoms with Crippen LogP contribution < -0.4 is 9.47 Å². The van der Waals surface area contributed by atoms with Gasteiger partial charge in [-0.25, -0.2) is 8.78 Å². The Balaban J connectivity index is 1.47. The number of ether oxygens (including phenoxy) is 3. The first-order valence-electron chi connectivity index (χ1n) is 12.6. The van der Waals surface area contributed by atoms with E-state index in [0.717, 1.165) is 25.7 Å². The highest BCUT2D eigenvalue weighted by molar-refractivity contribution is 5.69. The van der Waals surface area contributed by atoms with Crippen molar-refractivity contribution in [3.8, 4) is 22.6 Å². The van der Waals surface area contributed by atoms with Crippen LogP contribution in [0.1, 0.15) is 51.5 Å². The second-order valence-electron chi connectivity index (χ2n) is 9.55. The lowest BCUT2D eigenvalue weighted by Crippen LogP contribution is -2.29. The van der Waals surface area contributed by atoms with Gasteiger partial charge in [-0.05, 0) is 60.6 Å². The number of hydrogen-bond acceptors (Lipinski definition) is 3. The largest absolute Gasteiger partial charge is 0.493 e. The van der Waals surface area contributed by atoms with E-state index in [1.807, 2.05) is 0 Å². The molecule has 192 valence electrons. The molecule has 0 N–H and O–H groups in total. The third-order valence-corrected chi connectivity index (χ3v) is 6.83. The van der Waals surface area contributed by atoms with Gasteiger partial charge in [0.2, 0.25) is 5.82 Å². The van der Waals surface area contributed by atoms with E-state index >= 15 is 8.78 Å². The second-order valence-corrected chi connectivity index (χ2v) is 9.55. The van der Waals surface area contributed by atoms with Gasteiger partial charge in [-0.3, -0.25) is 0 Å². The summed E-state index contributed by atoms with van der Waals surface area (Å²) in [6.07, 6.45) is 5.21. The molecule has 2 heterocycles. The van der Waals surface area contributed by atoms with Gasteiger partial charge in [-0.2, -0.15) is 4.39 Å². The molecule has 2 aliphatic rings. The average Bonchev–Trinajstić information content (AvgIpc) is 2.89. The molecule has 2 aliphatic heterocycles. The van der Waals surface area contributed by atoms with Gasteiger partial charge in [0.05, 0.1) is 19.3 Å². The maximum atomic E-state index is 15.1. The number of fused-ring (bicyclic) bond motifs is 1. The monoisotopic (exact) mass is 498 g/mol. The normalized spacial score (nSPS) is 21.0. The summed E-state index contributed by atoms with van der Waals surface area (Å²) in [5.41, 5.74) is 1.57. The molecule has 6 heteroatoms. The third kappa shape index (κ3) is 5.54. The summed E-state index contributed by atoms with van der Waals surface area (Å²) < 4.78 is 62.0. The molecule has 0 aliphatic carbocycles. The fourth-order valence-electron chi connectivity index (χ4n) is 4.60. The summed E-state index contributed by atoms with van der Waals surface area (Å²) >= 11 is 0. The van der Waals surface area contributed by atoms with Gasteiger partial charge in [-0.1, -0.05) is 45.6 Å². The van der Waals surface area contributed by atoms with E-state index in [9.17, 15) is 4.39 Å². The number of halogens is 3. The first-order valence-corrected chi connectivity index (χ1v) is 12.6. The molecule has 0 amide bonds. The highest BCUT2D eigenvalue weighted by Crippen LogP contribution is 2.41. The summed E-state index contributed by atoms with van der Waals surface area (Å²) in [5.74, 6) is -2.39. The van der Waals surface area contributed by atoms with Crippen molar-refractivity contribution in [2.45, 2.75) is 58.5 Å². The van der Waals surface area contributed by atoms with E-state index in [1.54, 1.807) is 31.2 Å². The topological polar surface area (TPSA) is 27.7 Å². The summed E-state index contributed by atoms with van der Waals surface area (Å²) in [4.78, 5) is 0. The van der Waals surface area contributed by atoms with Gasteiger partial charge in [-0.15, -0.1) is 0 Å². The van der Waals surface area contributed by atoms with Crippen LogP contribution in [0.15, 0.2) is 66.2 Å². The first-order chi connectivity index (χ1) is 17.3. The van der Waals surface area contributed by atoms with E-state index < -0.39 is 17.5 Å². The molecule has 4 rings (SSSR count). The van der Waals surface area contributed by atoms with Crippen molar-refractivity contribution in [1.29, 1.82) is 0 Å². The van der Waals surface area contributed by atoms with E-state index in [4.69, 9.17) is 14.2 Å². The standard InChI is InChI=1S/C30H33F3O3/c1-5-7-23-11-8-20(16-34-23)17-35-24-12-9-21(10-13-24)25-15-22-14-19(4)29(26(31)18(3)6-2)36-30(22)28(33)27(25)32/h9-10,12-13,15,20,23H,3-8,11,14,16-17H2,1-2H3/b29-26-.